The van der Waals surface area contributed by atoms with E-state index in [1.165, 1.54) is 5.56 Å². The lowest BCUT2D eigenvalue weighted by molar-refractivity contribution is -0.115. The number of benzene rings is 3. The quantitative estimate of drug-likeness (QED) is 0.556. The van der Waals surface area contributed by atoms with Crippen molar-refractivity contribution in [3.63, 3.8) is 0 Å². The van der Waals surface area contributed by atoms with Gasteiger partial charge in [-0.25, -0.2) is 0 Å². The zero-order chi connectivity index (χ0) is 22.7. The summed E-state index contributed by atoms with van der Waals surface area (Å²) < 4.78 is 0. The smallest absolute Gasteiger partial charge is 0.255 e. The van der Waals surface area contributed by atoms with E-state index >= 15 is 0 Å². The second kappa shape index (κ2) is 9.49. The zero-order valence-electron chi connectivity index (χ0n) is 18.5. The van der Waals surface area contributed by atoms with E-state index in [-0.39, 0.29) is 17.2 Å². The molecule has 0 aliphatic carbocycles. The molecule has 4 rings (SSSR count). The minimum Gasteiger partial charge on any atom is -0.378 e. The van der Waals surface area contributed by atoms with Gasteiger partial charge >= 0.3 is 0 Å². The van der Waals surface area contributed by atoms with Crippen LogP contribution in [-0.4, -0.2) is 31.7 Å². The summed E-state index contributed by atoms with van der Waals surface area (Å²) in [5.41, 5.74) is 5.58. The fraction of sp³-hybridized carbons (Fsp3) is 0.231. The number of aryl methyl sites for hydroxylation is 1. The lowest BCUT2D eigenvalue weighted by Crippen LogP contribution is -2.27. The van der Waals surface area contributed by atoms with Gasteiger partial charge in [-0.1, -0.05) is 31.2 Å². The largest absolute Gasteiger partial charge is 0.378 e. The molecule has 6 heteroatoms. The van der Waals surface area contributed by atoms with Gasteiger partial charge in [0.2, 0.25) is 5.91 Å². The van der Waals surface area contributed by atoms with E-state index in [2.05, 4.69) is 12.2 Å². The molecular formula is C26H27N3O2S. The highest BCUT2D eigenvalue weighted by Gasteiger charge is 2.34. The summed E-state index contributed by atoms with van der Waals surface area (Å²) in [6.07, 6.45) is 0.946. The van der Waals surface area contributed by atoms with Gasteiger partial charge in [0.25, 0.3) is 5.91 Å². The number of hydrogen-bond donors (Lipinski definition) is 1. The third-order valence-corrected chi connectivity index (χ3v) is 6.80. The predicted molar refractivity (Wildman–Crippen MR) is 134 cm³/mol. The molecule has 2 amide bonds. The maximum atomic E-state index is 12.6. The molecule has 164 valence electrons. The molecule has 0 bridgehead atoms. The summed E-state index contributed by atoms with van der Waals surface area (Å²) in [6, 6.07) is 23.4. The third kappa shape index (κ3) is 4.65. The van der Waals surface area contributed by atoms with Crippen LogP contribution in [0.4, 0.5) is 17.1 Å². The van der Waals surface area contributed by atoms with Crippen LogP contribution in [0.15, 0.2) is 72.8 Å². The topological polar surface area (TPSA) is 52.7 Å². The number of thioether (sulfide) groups is 1. The Morgan fingerprint density at radius 1 is 1.00 bits per heavy atom. The van der Waals surface area contributed by atoms with Crippen molar-refractivity contribution in [3.8, 4) is 0 Å². The standard InChI is InChI=1S/C26H27N3O2S/c1-4-18-5-7-19(8-6-18)25(31)27-21-11-9-20(10-12-21)26-29(24(30)17-32-26)23-15-13-22(14-16-23)28(2)3/h5-16,26H,4,17H2,1-3H3,(H,27,31)/t26-/m0/s1. The summed E-state index contributed by atoms with van der Waals surface area (Å²) in [6.45, 7) is 2.09. The molecule has 1 N–H and O–H groups in total. The summed E-state index contributed by atoms with van der Waals surface area (Å²) in [5.74, 6) is 0.422. The van der Waals surface area contributed by atoms with Crippen molar-refractivity contribution >= 4 is 40.6 Å². The van der Waals surface area contributed by atoms with Crippen LogP contribution in [0.1, 0.15) is 33.8 Å². The van der Waals surface area contributed by atoms with E-state index in [9.17, 15) is 9.59 Å². The molecule has 0 unspecified atom stereocenters. The number of rotatable bonds is 6. The molecule has 3 aromatic rings. The van der Waals surface area contributed by atoms with Crippen LogP contribution in [0.5, 0.6) is 0 Å². The van der Waals surface area contributed by atoms with Gasteiger partial charge in [0.05, 0.1) is 5.75 Å². The molecule has 1 fully saturated rings. The average Bonchev–Trinajstić information content (AvgIpc) is 3.21. The van der Waals surface area contributed by atoms with Crippen LogP contribution in [0.3, 0.4) is 0 Å². The van der Waals surface area contributed by atoms with Crippen molar-refractivity contribution < 1.29 is 9.59 Å². The second-order valence-electron chi connectivity index (χ2n) is 7.96. The number of nitrogens with zero attached hydrogens (tertiary/aromatic N) is 2. The van der Waals surface area contributed by atoms with Crippen molar-refractivity contribution in [2.24, 2.45) is 0 Å². The van der Waals surface area contributed by atoms with E-state index < -0.39 is 0 Å². The predicted octanol–water partition coefficient (Wildman–Crippen LogP) is 5.35. The number of carbonyl (C=O) groups excluding carboxylic acids is 2. The minimum atomic E-state index is -0.131. The zero-order valence-corrected chi connectivity index (χ0v) is 19.4. The first-order chi connectivity index (χ1) is 15.5. The van der Waals surface area contributed by atoms with E-state index in [1.54, 1.807) is 11.8 Å². The molecule has 3 aromatic carbocycles. The number of amides is 2. The molecule has 0 aromatic heterocycles. The summed E-state index contributed by atoms with van der Waals surface area (Å²) >= 11 is 1.62. The first kappa shape index (κ1) is 22.0. The van der Waals surface area contributed by atoms with Crippen molar-refractivity contribution in [2.75, 3.05) is 35.0 Å². The van der Waals surface area contributed by atoms with Gasteiger partial charge in [0.1, 0.15) is 5.37 Å². The molecule has 5 nitrogen and oxygen atoms in total. The van der Waals surface area contributed by atoms with Gasteiger partial charge in [0.15, 0.2) is 0 Å². The molecular weight excluding hydrogens is 418 g/mol. The number of anilines is 3. The highest BCUT2D eigenvalue weighted by atomic mass is 32.2. The maximum absolute atomic E-state index is 12.6. The van der Waals surface area contributed by atoms with Crippen molar-refractivity contribution in [1.29, 1.82) is 0 Å². The highest BCUT2D eigenvalue weighted by Crippen LogP contribution is 2.42. The fourth-order valence-electron chi connectivity index (χ4n) is 3.69. The Hall–Kier alpha value is -3.25. The van der Waals surface area contributed by atoms with E-state index in [1.807, 2.05) is 96.7 Å². The Labute approximate surface area is 193 Å². The SMILES string of the molecule is CCc1ccc(C(=O)Nc2ccc([C@@H]3SCC(=O)N3c3ccc(N(C)C)cc3)cc2)cc1. The van der Waals surface area contributed by atoms with E-state index in [0.717, 1.165) is 29.0 Å². The minimum absolute atomic E-state index is 0.0842. The summed E-state index contributed by atoms with van der Waals surface area (Å²) in [4.78, 5) is 29.1. The van der Waals surface area contributed by atoms with Crippen LogP contribution in [0.2, 0.25) is 0 Å². The Bertz CT molecular complexity index is 1090. The lowest BCUT2D eigenvalue weighted by atomic mass is 10.1. The van der Waals surface area contributed by atoms with Crippen LogP contribution in [0, 0.1) is 0 Å². The monoisotopic (exact) mass is 445 g/mol. The second-order valence-corrected chi connectivity index (χ2v) is 9.03. The molecule has 0 saturated carbocycles. The number of hydrogen-bond acceptors (Lipinski definition) is 4. The Balaban J connectivity index is 1.48. The number of carbonyl (C=O) groups is 2. The molecule has 32 heavy (non-hydrogen) atoms. The lowest BCUT2D eigenvalue weighted by Gasteiger charge is -2.25. The molecule has 1 heterocycles. The van der Waals surface area contributed by atoms with E-state index in [0.29, 0.717) is 11.3 Å². The first-order valence-corrected chi connectivity index (χ1v) is 11.7. The van der Waals surface area contributed by atoms with Crippen LogP contribution in [-0.2, 0) is 11.2 Å². The van der Waals surface area contributed by atoms with Crippen LogP contribution >= 0.6 is 11.8 Å². The van der Waals surface area contributed by atoms with Gasteiger partial charge in [-0.05, 0) is 66.1 Å². The van der Waals surface area contributed by atoms with Gasteiger partial charge in [-0.2, -0.15) is 0 Å². The molecule has 1 atom stereocenters. The van der Waals surface area contributed by atoms with Crippen LogP contribution in [0.25, 0.3) is 0 Å². The molecule has 0 radical (unpaired) electrons. The maximum Gasteiger partial charge on any atom is 0.255 e. The van der Waals surface area contributed by atoms with E-state index in [4.69, 9.17) is 0 Å². The first-order valence-electron chi connectivity index (χ1n) is 10.7. The molecule has 1 aliphatic rings. The Morgan fingerprint density at radius 3 is 2.25 bits per heavy atom. The Kier molecular flexibility index (Phi) is 6.51. The van der Waals surface area contributed by atoms with Crippen LogP contribution < -0.4 is 15.1 Å². The Morgan fingerprint density at radius 2 is 1.66 bits per heavy atom. The van der Waals surface area contributed by atoms with Gasteiger partial charge in [-0.15, -0.1) is 11.8 Å². The average molecular weight is 446 g/mol. The van der Waals surface area contributed by atoms with Crippen molar-refractivity contribution in [3.05, 3.63) is 89.5 Å². The fourth-order valence-corrected chi connectivity index (χ4v) is 4.86. The molecule has 1 aliphatic heterocycles. The summed E-state index contributed by atoms with van der Waals surface area (Å²) in [5, 5.41) is 2.87. The van der Waals surface area contributed by atoms with Gasteiger partial charge in [-0.3, -0.25) is 14.5 Å². The van der Waals surface area contributed by atoms with Crippen molar-refractivity contribution in [2.45, 2.75) is 18.7 Å². The summed E-state index contributed by atoms with van der Waals surface area (Å²) in [7, 11) is 3.99. The highest BCUT2D eigenvalue weighted by molar-refractivity contribution is 8.00. The normalized spacial score (nSPS) is 15.7. The van der Waals surface area contributed by atoms with Crippen molar-refractivity contribution in [1.82, 2.24) is 0 Å². The van der Waals surface area contributed by atoms with Gasteiger partial charge in [0, 0.05) is 36.7 Å². The molecule has 1 saturated heterocycles. The van der Waals surface area contributed by atoms with Gasteiger partial charge < -0.3 is 10.2 Å². The molecule has 0 spiro atoms. The third-order valence-electron chi connectivity index (χ3n) is 5.59. The number of nitrogens with one attached hydrogen (secondary N) is 1.